The van der Waals surface area contributed by atoms with Gasteiger partial charge in [0.15, 0.2) is 17.8 Å². The van der Waals surface area contributed by atoms with Gasteiger partial charge >= 0.3 is 0 Å². The molecule has 0 saturated carbocycles. The van der Waals surface area contributed by atoms with E-state index in [0.717, 1.165) is 37.6 Å². The third-order valence-corrected chi connectivity index (χ3v) is 15.0. The van der Waals surface area contributed by atoms with E-state index in [2.05, 4.69) is 144 Å². The van der Waals surface area contributed by atoms with Crippen molar-refractivity contribution in [1.29, 1.82) is 0 Å². The van der Waals surface area contributed by atoms with Crippen LogP contribution in [-0.4, -0.2) is 66.8 Å². The monoisotopic (exact) mass is 936 g/mol. The summed E-state index contributed by atoms with van der Waals surface area (Å²) in [4.78, 5) is 0. The molecule has 0 spiro atoms. The van der Waals surface area contributed by atoms with Crippen LogP contribution in [0, 0.1) is 0 Å². The van der Waals surface area contributed by atoms with Crippen LogP contribution in [0.3, 0.4) is 0 Å². The van der Waals surface area contributed by atoms with Crippen LogP contribution in [0.5, 0.6) is 0 Å². The Balaban J connectivity index is 0.000000174. The van der Waals surface area contributed by atoms with E-state index >= 15 is 0 Å². The number of halogens is 1. The summed E-state index contributed by atoms with van der Waals surface area (Å²) in [6.07, 6.45) is -0.414. The van der Waals surface area contributed by atoms with E-state index in [1.54, 1.807) is 6.92 Å². The van der Waals surface area contributed by atoms with E-state index in [1.165, 1.54) is 22.7 Å². The number of para-hydroxylation sites is 6. The fraction of sp³-hybridized carbons (Fsp3) is 0.208. The molecule has 2 saturated heterocycles. The molecule has 8 rings (SSSR count). The summed E-state index contributed by atoms with van der Waals surface area (Å²) in [5.74, 6) is 0. The zero-order valence-electron chi connectivity index (χ0n) is 35.5. The normalized spacial score (nSPS) is 14.7. The summed E-state index contributed by atoms with van der Waals surface area (Å²) in [5.41, 5.74) is 6.70. The van der Waals surface area contributed by atoms with Gasteiger partial charge in [0.25, 0.3) is 0 Å². The second kappa shape index (κ2) is 25.3. The standard InChI is InChI=1S/C24H27N4OPS.C14H14ClN2P.C10H14N2OS/c1-20(19-25-24(31)26-21-11-5-2-6-12-21)29-30-27(22-13-7-3-8-14-22)17-18-28(30)23-15-9-4-10-16-23;15-18-16(13-7-3-1-4-8-13)11-12-17(18)14-9-5-2-6-10-14;1-8(13)7-11-10(14)12-9-5-3-2-4-6-9/h2-16,20H,17-19H2,1H3,(H2,25,26,31);1-10H,11-12H2;2-6,8,13H,7H2,1H3,(H2,11,12,14)/t20-;;8-/m1.1/s1. The Labute approximate surface area is 390 Å². The second-order valence-electron chi connectivity index (χ2n) is 14.5. The molecule has 6 aromatic rings. The minimum Gasteiger partial charge on any atom is -0.392 e. The fourth-order valence-corrected chi connectivity index (χ4v) is 11.3. The van der Waals surface area contributed by atoms with Gasteiger partial charge in [-0.15, -0.1) is 0 Å². The van der Waals surface area contributed by atoms with Crippen molar-refractivity contribution in [3.8, 4) is 0 Å². The maximum absolute atomic E-state index is 9.02. The molecule has 2 heterocycles. The molecule has 0 bridgehead atoms. The van der Waals surface area contributed by atoms with Crippen LogP contribution in [0.4, 0.5) is 34.1 Å². The molecule has 2 aliphatic heterocycles. The van der Waals surface area contributed by atoms with Gasteiger partial charge in [-0.3, -0.25) is 0 Å². The van der Waals surface area contributed by atoms with Crippen LogP contribution in [0.1, 0.15) is 13.8 Å². The zero-order chi connectivity index (χ0) is 44.2. The fourth-order valence-electron chi connectivity index (χ4n) is 6.46. The molecule has 0 radical (unpaired) electrons. The van der Waals surface area contributed by atoms with Crippen molar-refractivity contribution in [2.24, 2.45) is 0 Å². The largest absolute Gasteiger partial charge is 0.392 e. The van der Waals surface area contributed by atoms with Gasteiger partial charge in [0, 0.05) is 73.4 Å². The maximum atomic E-state index is 9.02. The number of nitrogens with zero attached hydrogens (tertiary/aromatic N) is 4. The highest BCUT2D eigenvalue weighted by molar-refractivity contribution is 7.86. The van der Waals surface area contributed by atoms with E-state index in [9.17, 15) is 0 Å². The molecule has 328 valence electrons. The van der Waals surface area contributed by atoms with Crippen LogP contribution in [0.25, 0.3) is 0 Å². The Hall–Kier alpha value is -5.03. The summed E-state index contributed by atoms with van der Waals surface area (Å²) in [7, 11) is -1.79. The molecule has 5 N–H and O–H groups in total. The van der Waals surface area contributed by atoms with E-state index in [1.807, 2.05) is 84.9 Å². The summed E-state index contributed by atoms with van der Waals surface area (Å²) >= 11 is 17.1. The first-order valence-corrected chi connectivity index (χ1v) is 25.0. The number of aliphatic hydroxyl groups is 1. The lowest BCUT2D eigenvalue weighted by atomic mass is 10.3. The topological polar surface area (TPSA) is 90.5 Å². The van der Waals surface area contributed by atoms with E-state index < -0.39 is 22.1 Å². The second-order valence-corrected chi connectivity index (χ2v) is 19.3. The number of rotatable bonds is 12. The molecule has 0 unspecified atom stereocenters. The highest BCUT2D eigenvalue weighted by atomic mass is 35.7. The lowest BCUT2D eigenvalue weighted by Gasteiger charge is -2.33. The van der Waals surface area contributed by atoms with Gasteiger partial charge in [0.1, 0.15) is 0 Å². The van der Waals surface area contributed by atoms with E-state index in [0.29, 0.717) is 23.3 Å². The van der Waals surface area contributed by atoms with Crippen LogP contribution in [0.15, 0.2) is 182 Å². The zero-order valence-corrected chi connectivity index (χ0v) is 39.6. The van der Waals surface area contributed by atoms with Gasteiger partial charge in [-0.2, -0.15) is 0 Å². The Bertz CT molecular complexity index is 2140. The average molecular weight is 938 g/mol. The van der Waals surface area contributed by atoms with Gasteiger partial charge in [0.2, 0.25) is 8.45 Å². The Kier molecular flexibility index (Phi) is 19.1. The number of anilines is 6. The van der Waals surface area contributed by atoms with Gasteiger partial charge in [-0.1, -0.05) is 109 Å². The Morgan fingerprint density at radius 2 is 0.825 bits per heavy atom. The molecule has 0 aliphatic carbocycles. The lowest BCUT2D eigenvalue weighted by Crippen LogP contribution is -2.35. The number of benzene rings is 6. The average Bonchev–Trinajstić information content (AvgIpc) is 3.93. The van der Waals surface area contributed by atoms with Crippen molar-refractivity contribution in [3.63, 3.8) is 0 Å². The molecule has 10 nitrogen and oxygen atoms in total. The number of hydrogen-bond donors (Lipinski definition) is 5. The molecule has 63 heavy (non-hydrogen) atoms. The van der Waals surface area contributed by atoms with Crippen molar-refractivity contribution in [2.45, 2.75) is 26.1 Å². The first-order chi connectivity index (χ1) is 30.7. The Morgan fingerprint density at radius 1 is 0.524 bits per heavy atom. The highest BCUT2D eigenvalue weighted by Gasteiger charge is 2.36. The van der Waals surface area contributed by atoms with Crippen LogP contribution < -0.4 is 39.9 Å². The smallest absolute Gasteiger partial charge is 0.248 e. The number of nitrogens with one attached hydrogen (secondary N) is 4. The molecule has 2 atom stereocenters. The van der Waals surface area contributed by atoms with Crippen LogP contribution >= 0.6 is 51.7 Å². The molecule has 6 aromatic carbocycles. The highest BCUT2D eigenvalue weighted by Crippen LogP contribution is 2.57. The third kappa shape index (κ3) is 15.0. The third-order valence-electron chi connectivity index (χ3n) is 9.52. The predicted octanol–water partition coefficient (Wildman–Crippen LogP) is 11.5. The molecule has 0 aromatic heterocycles. The number of hydrogen-bond acceptors (Lipinski definition) is 8. The van der Waals surface area contributed by atoms with Gasteiger partial charge in [-0.05, 0) is 122 Å². The van der Waals surface area contributed by atoms with Gasteiger partial charge in [0.05, 0.1) is 12.2 Å². The van der Waals surface area contributed by atoms with Gasteiger partial charge < -0.3 is 49.6 Å². The van der Waals surface area contributed by atoms with Crippen molar-refractivity contribution in [2.75, 3.05) is 68.6 Å². The first kappa shape index (κ1) is 47.4. The molecule has 2 fully saturated rings. The van der Waals surface area contributed by atoms with E-state index in [4.69, 9.17) is 45.3 Å². The Morgan fingerprint density at radius 3 is 1.17 bits per heavy atom. The summed E-state index contributed by atoms with van der Waals surface area (Å²) in [5, 5.41) is 22.5. The SMILES string of the molecule is C[C@@H](O)CNC(=S)Nc1ccccc1.C[C@H](CNC(=S)Nc1ccccc1)OP1N(c2ccccc2)CCN1c1ccccc1.ClP1N(c2ccccc2)CCN1c1ccccc1. The minimum absolute atomic E-state index is 0.0165. The number of aliphatic hydroxyl groups excluding tert-OH is 1. The maximum Gasteiger partial charge on any atom is 0.248 e. The summed E-state index contributed by atoms with van der Waals surface area (Å²) < 4.78 is 15.9. The van der Waals surface area contributed by atoms with Crippen LogP contribution in [-0.2, 0) is 4.52 Å². The van der Waals surface area contributed by atoms with E-state index in [-0.39, 0.29) is 6.10 Å². The molecule has 0 amide bonds. The van der Waals surface area contributed by atoms with Crippen molar-refractivity contribution >= 4 is 96.1 Å². The molecular formula is C48H55ClN8O2P2S2. The first-order valence-electron chi connectivity index (χ1n) is 20.9. The summed E-state index contributed by atoms with van der Waals surface area (Å²) in [6.45, 7) is 8.70. The molecule has 15 heteroatoms. The van der Waals surface area contributed by atoms with Crippen LogP contribution in [0.2, 0.25) is 0 Å². The summed E-state index contributed by atoms with van der Waals surface area (Å²) in [6, 6.07) is 61.3. The number of thiocarbonyl (C=S) groups is 2. The van der Waals surface area contributed by atoms with Crippen molar-refractivity contribution in [3.05, 3.63) is 182 Å². The quantitative estimate of drug-likeness (QED) is 0.0598. The van der Waals surface area contributed by atoms with Gasteiger partial charge in [-0.25, -0.2) is 0 Å². The van der Waals surface area contributed by atoms with Crippen molar-refractivity contribution in [1.82, 2.24) is 10.6 Å². The lowest BCUT2D eigenvalue weighted by molar-refractivity contribution is 0.198. The van der Waals surface area contributed by atoms with Crippen molar-refractivity contribution < 1.29 is 9.63 Å². The minimum atomic E-state index is -0.980. The molecule has 2 aliphatic rings. The molecular weight excluding hydrogens is 882 g/mol. The predicted molar refractivity (Wildman–Crippen MR) is 278 cm³/mol.